The van der Waals surface area contributed by atoms with Crippen molar-refractivity contribution in [1.29, 1.82) is 0 Å². The van der Waals surface area contributed by atoms with Crippen LogP contribution in [0.3, 0.4) is 0 Å². The summed E-state index contributed by atoms with van der Waals surface area (Å²) in [6.07, 6.45) is 0. The predicted octanol–water partition coefficient (Wildman–Crippen LogP) is 4.14. The molecule has 138 valence electrons. The van der Waals surface area contributed by atoms with E-state index < -0.39 is 11.8 Å². The maximum atomic E-state index is 12.8. The zero-order valence-electron chi connectivity index (χ0n) is 15.0. The molecule has 0 radical (unpaired) electrons. The predicted molar refractivity (Wildman–Crippen MR) is 105 cm³/mol. The average molecular weight is 372 g/mol. The summed E-state index contributed by atoms with van der Waals surface area (Å²) in [5.74, 6) is -0.927. The van der Waals surface area contributed by atoms with E-state index in [-0.39, 0.29) is 22.7 Å². The highest BCUT2D eigenvalue weighted by atomic mass is 16.3. The number of hydrogen-bond acceptors (Lipinski definition) is 5. The van der Waals surface area contributed by atoms with E-state index in [4.69, 9.17) is 0 Å². The monoisotopic (exact) mass is 372 g/mol. The molecule has 2 amide bonds. The molecule has 0 fully saturated rings. The minimum Gasteiger partial charge on any atom is -0.508 e. The van der Waals surface area contributed by atoms with Gasteiger partial charge >= 0.3 is 0 Å². The van der Waals surface area contributed by atoms with Crippen LogP contribution in [0.1, 0.15) is 38.0 Å². The second-order valence-electron chi connectivity index (χ2n) is 6.49. The Labute approximate surface area is 161 Å². The summed E-state index contributed by atoms with van der Waals surface area (Å²) in [6, 6.07) is 18.0. The Morgan fingerprint density at radius 3 is 2.25 bits per heavy atom. The molecule has 0 aliphatic carbocycles. The van der Waals surface area contributed by atoms with E-state index in [0.717, 1.165) is 4.90 Å². The third kappa shape index (κ3) is 3.01. The van der Waals surface area contributed by atoms with Crippen molar-refractivity contribution in [1.82, 2.24) is 0 Å². The van der Waals surface area contributed by atoms with Crippen LogP contribution in [0.5, 0.6) is 5.75 Å². The van der Waals surface area contributed by atoms with Crippen LogP contribution in [-0.4, -0.2) is 22.7 Å². The number of benzene rings is 3. The number of fused-ring (bicyclic) bond motifs is 1. The van der Waals surface area contributed by atoms with E-state index in [1.165, 1.54) is 19.1 Å². The minimum atomic E-state index is -0.461. The van der Waals surface area contributed by atoms with Gasteiger partial charge in [-0.1, -0.05) is 18.2 Å². The molecule has 0 saturated carbocycles. The molecule has 6 nitrogen and oxygen atoms in total. The van der Waals surface area contributed by atoms with Gasteiger partial charge in [0.2, 0.25) is 0 Å². The fraction of sp³-hybridized carbons (Fsp3) is 0.0455. The number of carbonyl (C=O) groups excluding carboxylic acids is 3. The molecule has 28 heavy (non-hydrogen) atoms. The number of nitrogens with one attached hydrogen (secondary N) is 1. The maximum absolute atomic E-state index is 12.8. The van der Waals surface area contributed by atoms with Crippen molar-refractivity contribution in [3.05, 3.63) is 83.4 Å². The highest BCUT2D eigenvalue weighted by Gasteiger charge is 2.37. The SMILES string of the molecule is CC(=O)c1ccc2c(c1)C(=O)N(c1cccc(Nc3cccc(O)c3)c1)C2=O. The van der Waals surface area contributed by atoms with Gasteiger partial charge in [0.25, 0.3) is 11.8 Å². The molecule has 0 unspecified atom stereocenters. The average Bonchev–Trinajstić information content (AvgIpc) is 2.92. The molecular formula is C22H16N2O4. The lowest BCUT2D eigenvalue weighted by Gasteiger charge is -2.15. The van der Waals surface area contributed by atoms with Gasteiger partial charge in [0.15, 0.2) is 5.78 Å². The maximum Gasteiger partial charge on any atom is 0.266 e. The van der Waals surface area contributed by atoms with Crippen molar-refractivity contribution >= 4 is 34.7 Å². The van der Waals surface area contributed by atoms with Crippen LogP contribution < -0.4 is 10.2 Å². The normalized spacial score (nSPS) is 12.8. The first-order chi connectivity index (χ1) is 13.4. The van der Waals surface area contributed by atoms with Crippen molar-refractivity contribution < 1.29 is 19.5 Å². The Morgan fingerprint density at radius 2 is 1.54 bits per heavy atom. The van der Waals surface area contributed by atoms with Gasteiger partial charge in [-0.15, -0.1) is 0 Å². The summed E-state index contributed by atoms with van der Waals surface area (Å²) in [4.78, 5) is 38.3. The van der Waals surface area contributed by atoms with Crippen LogP contribution in [0.25, 0.3) is 0 Å². The second-order valence-corrected chi connectivity index (χ2v) is 6.49. The van der Waals surface area contributed by atoms with Crippen LogP contribution >= 0.6 is 0 Å². The van der Waals surface area contributed by atoms with Crippen LogP contribution in [0, 0.1) is 0 Å². The molecule has 1 aliphatic rings. The van der Waals surface area contributed by atoms with Crippen molar-refractivity contribution in [2.75, 3.05) is 10.2 Å². The number of rotatable bonds is 4. The molecule has 0 bridgehead atoms. The van der Waals surface area contributed by atoms with Crippen LogP contribution in [0.2, 0.25) is 0 Å². The third-order valence-electron chi connectivity index (χ3n) is 4.53. The molecule has 3 aromatic rings. The third-order valence-corrected chi connectivity index (χ3v) is 4.53. The van der Waals surface area contributed by atoms with Crippen LogP contribution in [0.4, 0.5) is 17.1 Å². The number of anilines is 3. The minimum absolute atomic E-state index is 0.128. The highest BCUT2D eigenvalue weighted by molar-refractivity contribution is 6.34. The number of ketones is 1. The number of nitrogens with zero attached hydrogens (tertiary/aromatic N) is 1. The van der Waals surface area contributed by atoms with E-state index in [2.05, 4.69) is 5.32 Å². The smallest absolute Gasteiger partial charge is 0.266 e. The first-order valence-corrected chi connectivity index (χ1v) is 8.64. The van der Waals surface area contributed by atoms with Gasteiger partial charge in [0.05, 0.1) is 16.8 Å². The summed E-state index contributed by atoms with van der Waals surface area (Å²) >= 11 is 0. The van der Waals surface area contributed by atoms with E-state index in [0.29, 0.717) is 22.6 Å². The van der Waals surface area contributed by atoms with E-state index in [1.54, 1.807) is 54.6 Å². The molecule has 0 aromatic heterocycles. The van der Waals surface area contributed by atoms with Gasteiger partial charge in [-0.3, -0.25) is 14.4 Å². The first-order valence-electron chi connectivity index (χ1n) is 8.64. The number of imide groups is 1. The summed E-state index contributed by atoms with van der Waals surface area (Å²) in [6.45, 7) is 1.41. The number of carbonyl (C=O) groups is 3. The lowest BCUT2D eigenvalue weighted by Crippen LogP contribution is -2.29. The van der Waals surface area contributed by atoms with Gasteiger partial charge in [0.1, 0.15) is 5.75 Å². The summed E-state index contributed by atoms with van der Waals surface area (Å²) in [7, 11) is 0. The van der Waals surface area contributed by atoms with Crippen molar-refractivity contribution in [2.24, 2.45) is 0 Å². The molecule has 0 saturated heterocycles. The van der Waals surface area contributed by atoms with Crippen molar-refractivity contribution in [3.63, 3.8) is 0 Å². The molecular weight excluding hydrogens is 356 g/mol. The van der Waals surface area contributed by atoms with Gasteiger partial charge in [-0.05, 0) is 49.4 Å². The molecule has 2 N–H and O–H groups in total. The molecule has 1 aliphatic heterocycles. The summed E-state index contributed by atoms with van der Waals surface area (Å²) < 4.78 is 0. The fourth-order valence-electron chi connectivity index (χ4n) is 3.17. The van der Waals surface area contributed by atoms with Gasteiger partial charge in [-0.2, -0.15) is 0 Å². The summed E-state index contributed by atoms with van der Waals surface area (Å²) in [5, 5.41) is 12.7. The van der Waals surface area contributed by atoms with Crippen LogP contribution in [-0.2, 0) is 0 Å². The Balaban J connectivity index is 1.67. The lowest BCUT2D eigenvalue weighted by molar-refractivity contribution is 0.0925. The van der Waals surface area contributed by atoms with E-state index >= 15 is 0 Å². The Morgan fingerprint density at radius 1 is 0.857 bits per heavy atom. The molecule has 4 rings (SSSR count). The molecule has 6 heteroatoms. The quantitative estimate of drug-likeness (QED) is 0.531. The second kappa shape index (κ2) is 6.66. The zero-order valence-corrected chi connectivity index (χ0v) is 15.0. The number of Topliss-reactive ketones (excluding diaryl/α,β-unsaturated/α-hetero) is 1. The van der Waals surface area contributed by atoms with Crippen molar-refractivity contribution in [3.8, 4) is 5.75 Å². The lowest BCUT2D eigenvalue weighted by atomic mass is 10.0. The number of hydrogen-bond donors (Lipinski definition) is 2. The number of phenolic OH excluding ortho intramolecular Hbond substituents is 1. The Bertz CT molecular complexity index is 1140. The molecule has 3 aromatic carbocycles. The number of amides is 2. The van der Waals surface area contributed by atoms with Gasteiger partial charge in [0, 0.05) is 23.0 Å². The fourth-order valence-corrected chi connectivity index (χ4v) is 3.17. The Kier molecular flexibility index (Phi) is 4.16. The molecule has 0 spiro atoms. The van der Waals surface area contributed by atoms with Gasteiger partial charge < -0.3 is 10.4 Å². The zero-order chi connectivity index (χ0) is 19.8. The van der Waals surface area contributed by atoms with E-state index in [9.17, 15) is 19.5 Å². The summed E-state index contributed by atoms with van der Waals surface area (Å²) in [5.41, 5.74) is 2.64. The van der Waals surface area contributed by atoms with Crippen LogP contribution in [0.15, 0.2) is 66.7 Å². The highest BCUT2D eigenvalue weighted by Crippen LogP contribution is 2.31. The number of phenols is 1. The largest absolute Gasteiger partial charge is 0.508 e. The molecule has 0 atom stereocenters. The Hall–Kier alpha value is -3.93. The standard InChI is InChI=1S/C22H16N2O4/c1-13(25)14-8-9-19-20(10-14)22(28)24(21(19)27)17-6-2-4-15(11-17)23-16-5-3-7-18(26)12-16/h2-12,23,26H,1H3. The first kappa shape index (κ1) is 17.5. The van der Waals surface area contributed by atoms with Crippen molar-refractivity contribution in [2.45, 2.75) is 6.92 Å². The molecule has 1 heterocycles. The topological polar surface area (TPSA) is 86.7 Å². The van der Waals surface area contributed by atoms with Gasteiger partial charge in [-0.25, -0.2) is 4.90 Å². The van der Waals surface area contributed by atoms with E-state index in [1.807, 2.05) is 0 Å². The number of aromatic hydroxyl groups is 1.